The maximum atomic E-state index is 14.2. The smallest absolute Gasteiger partial charge is 0.188 e. The van der Waals surface area contributed by atoms with Crippen molar-refractivity contribution in [3.05, 3.63) is 59.6 Å². The summed E-state index contributed by atoms with van der Waals surface area (Å²) in [6, 6.07) is 4.71. The van der Waals surface area contributed by atoms with Crippen molar-refractivity contribution in [3.8, 4) is 5.75 Å². The van der Waals surface area contributed by atoms with Gasteiger partial charge in [-0.05, 0) is 11.8 Å². The van der Waals surface area contributed by atoms with E-state index in [1.807, 2.05) is 24.9 Å². The molecular formula is C16H17FNO2Y-. The monoisotopic (exact) mass is 363 g/mol. The summed E-state index contributed by atoms with van der Waals surface area (Å²) in [6.07, 6.45) is 4.89. The van der Waals surface area contributed by atoms with Crippen molar-refractivity contribution in [2.45, 2.75) is 6.92 Å². The van der Waals surface area contributed by atoms with Gasteiger partial charge < -0.3 is 14.4 Å². The topological polar surface area (TPSA) is 21.7 Å². The second kappa shape index (κ2) is 7.88. The Hall–Kier alpha value is -0.966. The number of ether oxygens (including phenoxy) is 2. The molecule has 0 saturated carbocycles. The van der Waals surface area contributed by atoms with E-state index < -0.39 is 0 Å². The third kappa shape index (κ3) is 4.03. The van der Waals surface area contributed by atoms with Crippen molar-refractivity contribution in [3.63, 3.8) is 0 Å². The van der Waals surface area contributed by atoms with Gasteiger partial charge in [-0.15, -0.1) is 11.6 Å². The Morgan fingerprint density at radius 1 is 1.38 bits per heavy atom. The van der Waals surface area contributed by atoms with Crippen molar-refractivity contribution in [2.75, 3.05) is 21.0 Å². The van der Waals surface area contributed by atoms with Crippen LogP contribution in [0.5, 0.6) is 5.75 Å². The summed E-state index contributed by atoms with van der Waals surface area (Å²) in [5.41, 5.74) is 2.95. The van der Waals surface area contributed by atoms with Crippen molar-refractivity contribution in [2.24, 2.45) is 0 Å². The van der Waals surface area contributed by atoms with Gasteiger partial charge in [0.1, 0.15) is 5.75 Å². The van der Waals surface area contributed by atoms with Crippen molar-refractivity contribution in [1.29, 1.82) is 0 Å². The second-order valence-corrected chi connectivity index (χ2v) is 4.52. The predicted molar refractivity (Wildman–Crippen MR) is 76.2 cm³/mol. The molecule has 3 nitrogen and oxygen atoms in total. The number of halogens is 1. The van der Waals surface area contributed by atoms with Crippen LogP contribution >= 0.6 is 0 Å². The molecule has 0 unspecified atom stereocenters. The average molecular weight is 363 g/mol. The van der Waals surface area contributed by atoms with Crippen LogP contribution in [0.3, 0.4) is 0 Å². The number of benzene rings is 1. The molecule has 0 atom stereocenters. The summed E-state index contributed by atoms with van der Waals surface area (Å²) >= 11 is 0. The Bertz CT molecular complexity index is 596. The largest absolute Gasteiger partial charge is 0.468 e. The fourth-order valence-corrected chi connectivity index (χ4v) is 1.92. The maximum absolute atomic E-state index is 14.2. The normalized spacial score (nSPS) is 14.3. The molecular weight excluding hydrogens is 346 g/mol. The molecule has 5 heteroatoms. The molecule has 1 aliphatic heterocycles. The molecule has 0 aliphatic carbocycles. The quantitative estimate of drug-likeness (QED) is 0.605. The standard InChI is InChI=1S/C16H17FNO2.Y/c1-11-5-8-16(18(3)12(11)2)14-7-6-13(9-15(14)17)20-10-19-4;/h5-7,9H,2,10H2,1,3-4H3;/q-1;. The number of rotatable bonds is 4. The zero-order valence-corrected chi connectivity index (χ0v) is 15.3. The molecule has 0 aromatic heterocycles. The van der Waals surface area contributed by atoms with Crippen LogP contribution in [0.1, 0.15) is 12.5 Å². The first-order chi connectivity index (χ1) is 9.54. The number of allylic oxidation sites excluding steroid dienone is 3. The maximum Gasteiger partial charge on any atom is 0.188 e. The molecule has 0 N–H and O–H groups in total. The van der Waals surface area contributed by atoms with Crippen molar-refractivity contribution in [1.82, 2.24) is 4.90 Å². The molecule has 0 saturated heterocycles. The van der Waals surface area contributed by atoms with Crippen LogP contribution in [-0.4, -0.2) is 25.9 Å². The van der Waals surface area contributed by atoms with Gasteiger partial charge in [0.25, 0.3) is 0 Å². The van der Waals surface area contributed by atoms with Gasteiger partial charge in [0.2, 0.25) is 0 Å². The zero-order valence-electron chi connectivity index (χ0n) is 12.4. The summed E-state index contributed by atoms with van der Waals surface area (Å²) < 4.78 is 24.2. The number of likely N-dealkylation sites (N-methyl/N-ethyl adjacent to an activating group) is 1. The van der Waals surface area contributed by atoms with E-state index in [2.05, 4.69) is 12.7 Å². The van der Waals surface area contributed by atoms with Gasteiger partial charge in [-0.3, -0.25) is 0 Å². The molecule has 1 radical (unpaired) electrons. The fourth-order valence-electron chi connectivity index (χ4n) is 1.92. The van der Waals surface area contributed by atoms with Gasteiger partial charge in [0.15, 0.2) is 6.79 Å². The second-order valence-electron chi connectivity index (χ2n) is 4.52. The summed E-state index contributed by atoms with van der Waals surface area (Å²) in [5.74, 6) is 0.0615. The molecule has 1 aromatic carbocycles. The first-order valence-corrected chi connectivity index (χ1v) is 6.19. The number of hydrogen-bond donors (Lipinski definition) is 0. The van der Waals surface area contributed by atoms with Crippen LogP contribution in [0.4, 0.5) is 4.39 Å². The van der Waals surface area contributed by atoms with Gasteiger partial charge in [0.05, 0.1) is 5.82 Å². The van der Waals surface area contributed by atoms with E-state index in [0.717, 1.165) is 11.3 Å². The van der Waals surface area contributed by atoms with E-state index in [9.17, 15) is 4.39 Å². The van der Waals surface area contributed by atoms with Crippen molar-refractivity contribution < 1.29 is 46.6 Å². The van der Waals surface area contributed by atoms with E-state index in [1.165, 1.54) is 13.2 Å². The van der Waals surface area contributed by atoms with Gasteiger partial charge in [-0.25, -0.2) is 4.39 Å². The number of nitrogens with zero attached hydrogens (tertiary/aromatic N) is 1. The van der Waals surface area contributed by atoms with Crippen molar-refractivity contribution >= 4 is 5.70 Å². The van der Waals surface area contributed by atoms with Gasteiger partial charge in [-0.2, -0.15) is 12.2 Å². The summed E-state index contributed by atoms with van der Waals surface area (Å²) in [6.45, 7) is 6.01. The first kappa shape index (κ1) is 18.1. The van der Waals surface area contributed by atoms with E-state index >= 15 is 0 Å². The molecule has 1 aromatic rings. The van der Waals surface area contributed by atoms with Crippen LogP contribution in [0.2, 0.25) is 0 Å². The Morgan fingerprint density at radius 2 is 2.10 bits per heavy atom. The van der Waals surface area contributed by atoms with E-state index in [4.69, 9.17) is 9.47 Å². The Balaban J connectivity index is 0.00000220. The van der Waals surface area contributed by atoms with Gasteiger partial charge in [-0.1, -0.05) is 24.8 Å². The summed E-state index contributed by atoms with van der Waals surface area (Å²) in [4.78, 5) is 1.82. The number of methoxy groups -OCH3 is 1. The molecule has 0 fully saturated rings. The first-order valence-electron chi connectivity index (χ1n) is 6.19. The minimum atomic E-state index is -0.367. The molecule has 109 valence electrons. The molecule has 0 bridgehead atoms. The molecule has 0 amide bonds. The molecule has 1 aliphatic rings. The number of hydrogen-bond acceptors (Lipinski definition) is 3. The third-order valence-corrected chi connectivity index (χ3v) is 3.16. The van der Waals surface area contributed by atoms with Gasteiger partial charge in [0, 0.05) is 52.9 Å². The van der Waals surface area contributed by atoms with Crippen LogP contribution < -0.4 is 4.74 Å². The zero-order chi connectivity index (χ0) is 14.7. The molecule has 21 heavy (non-hydrogen) atoms. The van der Waals surface area contributed by atoms with E-state index in [1.54, 1.807) is 12.1 Å². The molecule has 0 spiro atoms. The molecule has 1 heterocycles. The van der Waals surface area contributed by atoms with Crippen LogP contribution in [0.25, 0.3) is 5.70 Å². The van der Waals surface area contributed by atoms with Crippen LogP contribution in [-0.2, 0) is 37.4 Å². The Kier molecular flexibility index (Phi) is 6.78. The minimum Gasteiger partial charge on any atom is -0.468 e. The van der Waals surface area contributed by atoms with E-state index in [-0.39, 0.29) is 45.3 Å². The SMILES string of the molecule is C=C1C(C)=C[C-]=C(c2ccc(OCOC)cc2F)N1C.[Y]. The minimum absolute atomic E-state index is 0. The third-order valence-electron chi connectivity index (χ3n) is 3.16. The van der Waals surface area contributed by atoms with E-state index in [0.29, 0.717) is 17.0 Å². The fraction of sp³-hybridized carbons (Fsp3) is 0.250. The Labute approximate surface area is 150 Å². The van der Waals surface area contributed by atoms with Crippen LogP contribution in [0, 0.1) is 11.9 Å². The summed E-state index contributed by atoms with van der Waals surface area (Å²) in [5, 5.41) is 0. The molecule has 2 rings (SSSR count). The summed E-state index contributed by atoms with van der Waals surface area (Å²) in [7, 11) is 3.36. The average Bonchev–Trinajstić information content (AvgIpc) is 2.44. The predicted octanol–water partition coefficient (Wildman–Crippen LogP) is 3.36. The van der Waals surface area contributed by atoms with Crippen LogP contribution in [0.15, 0.2) is 42.1 Å². The van der Waals surface area contributed by atoms with Gasteiger partial charge >= 0.3 is 0 Å². The Morgan fingerprint density at radius 3 is 2.71 bits per heavy atom.